The van der Waals surface area contributed by atoms with E-state index < -0.39 is 0 Å². The van der Waals surface area contributed by atoms with Gasteiger partial charge in [-0.25, -0.2) is 0 Å². The number of aliphatic hydroxyl groups excluding tert-OH is 1. The van der Waals surface area contributed by atoms with Gasteiger partial charge in [0.25, 0.3) is 0 Å². The van der Waals surface area contributed by atoms with Crippen LogP contribution in [0.4, 0.5) is 0 Å². The van der Waals surface area contributed by atoms with Crippen molar-refractivity contribution in [3.05, 3.63) is 35.9 Å². The zero-order chi connectivity index (χ0) is 9.31. The van der Waals surface area contributed by atoms with E-state index in [0.717, 1.165) is 19.3 Å². The smallest absolute Gasteiger partial charge is 0.0634 e. The van der Waals surface area contributed by atoms with Crippen molar-refractivity contribution in [3.63, 3.8) is 0 Å². The Morgan fingerprint density at radius 1 is 1.31 bits per heavy atom. The summed E-state index contributed by atoms with van der Waals surface area (Å²) in [7, 11) is 0. The first kappa shape index (κ1) is 8.76. The molecule has 0 bridgehead atoms. The van der Waals surface area contributed by atoms with E-state index >= 15 is 0 Å². The maximum Gasteiger partial charge on any atom is 0.0634 e. The second-order valence-electron chi connectivity index (χ2n) is 3.95. The number of hydrogen-bond donors (Lipinski definition) is 1. The molecule has 70 valence electrons. The van der Waals surface area contributed by atoms with E-state index in [1.54, 1.807) is 0 Å². The zero-order valence-corrected chi connectivity index (χ0v) is 8.03. The lowest BCUT2D eigenvalue weighted by atomic mass is 9.89. The van der Waals surface area contributed by atoms with Crippen LogP contribution in [-0.2, 0) is 5.41 Å². The highest BCUT2D eigenvalue weighted by Crippen LogP contribution is 2.51. The Morgan fingerprint density at radius 2 is 1.92 bits per heavy atom. The van der Waals surface area contributed by atoms with E-state index in [-0.39, 0.29) is 11.5 Å². The van der Waals surface area contributed by atoms with Crippen LogP contribution >= 0.6 is 0 Å². The van der Waals surface area contributed by atoms with Gasteiger partial charge in [0.2, 0.25) is 0 Å². The molecule has 0 radical (unpaired) electrons. The number of rotatable bonds is 3. The number of hydrogen-bond acceptors (Lipinski definition) is 1. The molecular formula is C12H16O. The van der Waals surface area contributed by atoms with Gasteiger partial charge in [-0.15, -0.1) is 0 Å². The number of benzene rings is 1. The Labute approximate surface area is 79.4 Å². The second-order valence-corrected chi connectivity index (χ2v) is 3.95. The Hall–Kier alpha value is -0.820. The fourth-order valence-electron chi connectivity index (χ4n) is 2.11. The van der Waals surface area contributed by atoms with Crippen LogP contribution in [0, 0.1) is 0 Å². The Kier molecular flexibility index (Phi) is 2.12. The molecule has 13 heavy (non-hydrogen) atoms. The van der Waals surface area contributed by atoms with E-state index in [1.165, 1.54) is 5.56 Å². The van der Waals surface area contributed by atoms with Crippen LogP contribution in [0.1, 0.15) is 31.7 Å². The molecule has 0 aromatic heterocycles. The third kappa shape index (κ3) is 1.37. The fourth-order valence-corrected chi connectivity index (χ4v) is 2.11. The van der Waals surface area contributed by atoms with Crippen molar-refractivity contribution in [2.45, 2.75) is 37.7 Å². The molecule has 0 aliphatic heterocycles. The minimum Gasteiger partial charge on any atom is -0.392 e. The maximum atomic E-state index is 9.90. The highest BCUT2D eigenvalue weighted by molar-refractivity contribution is 5.32. The van der Waals surface area contributed by atoms with Crippen LogP contribution < -0.4 is 0 Å². The molecule has 0 saturated heterocycles. The fraction of sp³-hybridized carbons (Fsp3) is 0.500. The van der Waals surface area contributed by atoms with Gasteiger partial charge in [0, 0.05) is 5.41 Å². The minimum atomic E-state index is -0.158. The first-order chi connectivity index (χ1) is 6.29. The SMILES string of the molecule is CC[C@@H](O)C1(c2ccccc2)CC1. The van der Waals surface area contributed by atoms with Gasteiger partial charge >= 0.3 is 0 Å². The summed E-state index contributed by atoms with van der Waals surface area (Å²) in [5, 5.41) is 9.90. The third-order valence-corrected chi connectivity index (χ3v) is 3.16. The molecule has 2 rings (SSSR count). The molecule has 0 heterocycles. The third-order valence-electron chi connectivity index (χ3n) is 3.16. The highest BCUT2D eigenvalue weighted by atomic mass is 16.3. The summed E-state index contributed by atoms with van der Waals surface area (Å²) < 4.78 is 0. The van der Waals surface area contributed by atoms with Crippen molar-refractivity contribution in [3.8, 4) is 0 Å². The molecule has 1 atom stereocenters. The molecule has 0 spiro atoms. The summed E-state index contributed by atoms with van der Waals surface area (Å²) in [6.07, 6.45) is 2.99. The standard InChI is InChI=1S/C12H16O/c1-2-11(13)12(8-9-12)10-6-4-3-5-7-10/h3-7,11,13H,2,8-9H2,1H3/t11-/m1/s1. The normalized spacial score (nSPS) is 21.1. The van der Waals surface area contributed by atoms with Gasteiger partial charge in [-0.1, -0.05) is 37.3 Å². The van der Waals surface area contributed by atoms with E-state index in [0.29, 0.717) is 0 Å². The van der Waals surface area contributed by atoms with Crippen LogP contribution in [-0.4, -0.2) is 11.2 Å². The molecule has 1 aromatic rings. The molecule has 1 fully saturated rings. The van der Waals surface area contributed by atoms with Crippen LogP contribution in [0.5, 0.6) is 0 Å². The molecule has 0 amide bonds. The quantitative estimate of drug-likeness (QED) is 0.750. The van der Waals surface area contributed by atoms with Crippen LogP contribution in [0.2, 0.25) is 0 Å². The minimum absolute atomic E-state index is 0.107. The summed E-state index contributed by atoms with van der Waals surface area (Å²) in [6.45, 7) is 2.05. The van der Waals surface area contributed by atoms with Gasteiger partial charge < -0.3 is 5.11 Å². The lowest BCUT2D eigenvalue weighted by Crippen LogP contribution is -2.24. The van der Waals surface area contributed by atoms with Gasteiger partial charge in [0.15, 0.2) is 0 Å². The molecular weight excluding hydrogens is 160 g/mol. The van der Waals surface area contributed by atoms with Gasteiger partial charge in [0.1, 0.15) is 0 Å². The first-order valence-electron chi connectivity index (χ1n) is 5.03. The zero-order valence-electron chi connectivity index (χ0n) is 8.03. The highest BCUT2D eigenvalue weighted by Gasteiger charge is 2.49. The van der Waals surface area contributed by atoms with Crippen molar-refractivity contribution in [1.82, 2.24) is 0 Å². The molecule has 0 unspecified atom stereocenters. The van der Waals surface area contributed by atoms with Crippen molar-refractivity contribution in [2.75, 3.05) is 0 Å². The lowest BCUT2D eigenvalue weighted by molar-refractivity contribution is 0.127. The lowest BCUT2D eigenvalue weighted by Gasteiger charge is -2.21. The summed E-state index contributed by atoms with van der Waals surface area (Å²) in [4.78, 5) is 0. The average Bonchev–Trinajstić information content (AvgIpc) is 2.99. The van der Waals surface area contributed by atoms with Gasteiger partial charge in [0.05, 0.1) is 6.10 Å². The maximum absolute atomic E-state index is 9.90. The van der Waals surface area contributed by atoms with E-state index in [1.807, 2.05) is 13.0 Å². The molecule has 1 aromatic carbocycles. The molecule has 1 aliphatic carbocycles. The Bertz CT molecular complexity index is 274. The summed E-state index contributed by atoms with van der Waals surface area (Å²) >= 11 is 0. The van der Waals surface area contributed by atoms with Crippen molar-refractivity contribution >= 4 is 0 Å². The van der Waals surface area contributed by atoms with Gasteiger partial charge in [-0.2, -0.15) is 0 Å². The van der Waals surface area contributed by atoms with Crippen LogP contribution in [0.25, 0.3) is 0 Å². The predicted octanol–water partition coefficient (Wildman–Crippen LogP) is 2.49. The summed E-state index contributed by atoms with van der Waals surface area (Å²) in [5.74, 6) is 0. The predicted molar refractivity (Wildman–Crippen MR) is 53.7 cm³/mol. The molecule has 1 nitrogen and oxygen atoms in total. The molecule has 1 heteroatoms. The van der Waals surface area contributed by atoms with E-state index in [9.17, 15) is 5.11 Å². The summed E-state index contributed by atoms with van der Waals surface area (Å²) in [6, 6.07) is 10.4. The topological polar surface area (TPSA) is 20.2 Å². The van der Waals surface area contributed by atoms with Crippen molar-refractivity contribution < 1.29 is 5.11 Å². The average molecular weight is 176 g/mol. The molecule has 1 N–H and O–H groups in total. The Balaban J connectivity index is 2.26. The molecule has 1 aliphatic rings. The Morgan fingerprint density at radius 3 is 2.38 bits per heavy atom. The van der Waals surface area contributed by atoms with Crippen LogP contribution in [0.15, 0.2) is 30.3 Å². The second kappa shape index (κ2) is 3.15. The van der Waals surface area contributed by atoms with E-state index in [2.05, 4.69) is 24.3 Å². The van der Waals surface area contributed by atoms with Crippen LogP contribution in [0.3, 0.4) is 0 Å². The summed E-state index contributed by atoms with van der Waals surface area (Å²) in [5.41, 5.74) is 1.42. The van der Waals surface area contributed by atoms with E-state index in [4.69, 9.17) is 0 Å². The number of aliphatic hydroxyl groups is 1. The largest absolute Gasteiger partial charge is 0.392 e. The van der Waals surface area contributed by atoms with Gasteiger partial charge in [-0.3, -0.25) is 0 Å². The van der Waals surface area contributed by atoms with Crippen molar-refractivity contribution in [2.24, 2.45) is 0 Å². The van der Waals surface area contributed by atoms with Gasteiger partial charge in [-0.05, 0) is 24.8 Å². The first-order valence-corrected chi connectivity index (χ1v) is 5.03. The van der Waals surface area contributed by atoms with Crippen molar-refractivity contribution in [1.29, 1.82) is 0 Å². The monoisotopic (exact) mass is 176 g/mol. The molecule has 1 saturated carbocycles.